The summed E-state index contributed by atoms with van der Waals surface area (Å²) in [5, 5.41) is 0. The highest BCUT2D eigenvalue weighted by Gasteiger charge is 1.96. The summed E-state index contributed by atoms with van der Waals surface area (Å²) in [6.07, 6.45) is 3.01. The molecule has 0 fully saturated rings. The molecular formula is C8H18N2. The van der Waals surface area contributed by atoms with Crippen LogP contribution in [0, 0.1) is 0 Å². The zero-order valence-corrected chi connectivity index (χ0v) is 6.84. The van der Waals surface area contributed by atoms with E-state index in [1.807, 2.05) is 6.08 Å². The molecule has 0 aromatic heterocycles. The third-order valence-electron chi connectivity index (χ3n) is 1.54. The van der Waals surface area contributed by atoms with Gasteiger partial charge in [-0.25, -0.2) is 0 Å². The summed E-state index contributed by atoms with van der Waals surface area (Å²) >= 11 is 0. The summed E-state index contributed by atoms with van der Waals surface area (Å²) in [4.78, 5) is 2.32. The fraction of sp³-hybridized carbons (Fsp3) is 0.750. The second kappa shape index (κ2) is 6.78. The van der Waals surface area contributed by atoms with Crippen molar-refractivity contribution >= 4 is 0 Å². The van der Waals surface area contributed by atoms with Crippen molar-refractivity contribution in [2.75, 3.05) is 26.2 Å². The van der Waals surface area contributed by atoms with Crippen LogP contribution in [0.4, 0.5) is 0 Å². The molecule has 0 atom stereocenters. The van der Waals surface area contributed by atoms with Gasteiger partial charge in [-0.3, -0.25) is 0 Å². The topological polar surface area (TPSA) is 29.3 Å². The second-order valence-corrected chi connectivity index (χ2v) is 2.30. The van der Waals surface area contributed by atoms with Gasteiger partial charge in [0.05, 0.1) is 0 Å². The summed E-state index contributed by atoms with van der Waals surface area (Å²) in [6, 6.07) is 0. The lowest BCUT2D eigenvalue weighted by atomic mass is 10.3. The Hall–Kier alpha value is -0.340. The number of hydrogen-bond acceptors (Lipinski definition) is 2. The van der Waals surface area contributed by atoms with Gasteiger partial charge in [-0.2, -0.15) is 0 Å². The average molecular weight is 142 g/mol. The molecule has 0 aliphatic carbocycles. The minimum Gasteiger partial charge on any atom is -0.329 e. The molecule has 0 bridgehead atoms. The summed E-state index contributed by atoms with van der Waals surface area (Å²) < 4.78 is 0. The second-order valence-electron chi connectivity index (χ2n) is 2.30. The van der Waals surface area contributed by atoms with Crippen molar-refractivity contribution in [1.29, 1.82) is 0 Å². The molecule has 10 heavy (non-hydrogen) atoms. The smallest absolute Gasteiger partial charge is 0.0105 e. The van der Waals surface area contributed by atoms with Gasteiger partial charge in [0.1, 0.15) is 0 Å². The SMILES string of the molecule is C=CCCN(CC)CCN. The largest absolute Gasteiger partial charge is 0.329 e. The Morgan fingerprint density at radius 3 is 2.60 bits per heavy atom. The molecule has 0 amide bonds. The lowest BCUT2D eigenvalue weighted by Gasteiger charge is -2.17. The van der Waals surface area contributed by atoms with E-state index in [1.54, 1.807) is 0 Å². The first-order valence-electron chi connectivity index (χ1n) is 3.88. The quantitative estimate of drug-likeness (QED) is 0.557. The molecule has 2 heteroatoms. The van der Waals surface area contributed by atoms with Crippen molar-refractivity contribution in [2.24, 2.45) is 5.73 Å². The van der Waals surface area contributed by atoms with Crippen molar-refractivity contribution in [3.63, 3.8) is 0 Å². The van der Waals surface area contributed by atoms with Crippen LogP contribution in [0.3, 0.4) is 0 Å². The molecule has 0 radical (unpaired) electrons. The Labute approximate surface area is 63.7 Å². The molecular weight excluding hydrogens is 124 g/mol. The number of nitrogens with two attached hydrogens (primary N) is 1. The molecule has 0 rings (SSSR count). The fourth-order valence-corrected chi connectivity index (χ4v) is 0.884. The molecule has 0 unspecified atom stereocenters. The van der Waals surface area contributed by atoms with Crippen LogP contribution < -0.4 is 5.73 Å². The molecule has 60 valence electrons. The van der Waals surface area contributed by atoms with Crippen LogP contribution in [-0.4, -0.2) is 31.1 Å². The van der Waals surface area contributed by atoms with E-state index in [0.717, 1.165) is 32.6 Å². The van der Waals surface area contributed by atoms with Gasteiger partial charge in [0.2, 0.25) is 0 Å². The van der Waals surface area contributed by atoms with Gasteiger partial charge in [-0.1, -0.05) is 13.0 Å². The van der Waals surface area contributed by atoms with E-state index in [2.05, 4.69) is 18.4 Å². The van der Waals surface area contributed by atoms with Crippen LogP contribution >= 0.6 is 0 Å². The first-order valence-corrected chi connectivity index (χ1v) is 3.88. The minimum absolute atomic E-state index is 0.755. The number of hydrogen-bond donors (Lipinski definition) is 1. The Balaban J connectivity index is 3.29. The highest BCUT2D eigenvalue weighted by molar-refractivity contribution is 4.69. The third kappa shape index (κ3) is 4.53. The van der Waals surface area contributed by atoms with Gasteiger partial charge in [0.25, 0.3) is 0 Å². The van der Waals surface area contributed by atoms with Gasteiger partial charge >= 0.3 is 0 Å². The molecule has 0 aliphatic heterocycles. The fourth-order valence-electron chi connectivity index (χ4n) is 0.884. The molecule has 0 aliphatic rings. The van der Waals surface area contributed by atoms with Crippen molar-refractivity contribution in [3.05, 3.63) is 12.7 Å². The molecule has 0 heterocycles. The number of likely N-dealkylation sites (N-methyl/N-ethyl adjacent to an activating group) is 1. The monoisotopic (exact) mass is 142 g/mol. The van der Waals surface area contributed by atoms with E-state index in [9.17, 15) is 0 Å². The van der Waals surface area contributed by atoms with E-state index < -0.39 is 0 Å². The van der Waals surface area contributed by atoms with E-state index in [1.165, 1.54) is 0 Å². The molecule has 0 aromatic rings. The van der Waals surface area contributed by atoms with Crippen LogP contribution in [0.1, 0.15) is 13.3 Å². The summed E-state index contributed by atoms with van der Waals surface area (Å²) in [5.74, 6) is 0. The van der Waals surface area contributed by atoms with Gasteiger partial charge in [0.15, 0.2) is 0 Å². The summed E-state index contributed by atoms with van der Waals surface area (Å²) in [7, 11) is 0. The molecule has 0 saturated carbocycles. The Bertz CT molecular complexity index is 81.3. The Morgan fingerprint density at radius 2 is 2.20 bits per heavy atom. The average Bonchev–Trinajstić information content (AvgIpc) is 1.98. The molecule has 0 aromatic carbocycles. The van der Waals surface area contributed by atoms with Crippen LogP contribution in [-0.2, 0) is 0 Å². The Kier molecular flexibility index (Phi) is 6.55. The first kappa shape index (κ1) is 9.66. The van der Waals surface area contributed by atoms with Crippen molar-refractivity contribution in [1.82, 2.24) is 4.90 Å². The van der Waals surface area contributed by atoms with E-state index >= 15 is 0 Å². The summed E-state index contributed by atoms with van der Waals surface area (Å²) in [5.41, 5.74) is 5.41. The van der Waals surface area contributed by atoms with E-state index in [-0.39, 0.29) is 0 Å². The van der Waals surface area contributed by atoms with Crippen LogP contribution in [0.25, 0.3) is 0 Å². The zero-order chi connectivity index (χ0) is 7.82. The van der Waals surface area contributed by atoms with Crippen molar-refractivity contribution < 1.29 is 0 Å². The molecule has 0 spiro atoms. The highest BCUT2D eigenvalue weighted by atomic mass is 15.1. The maximum Gasteiger partial charge on any atom is 0.0105 e. The van der Waals surface area contributed by atoms with Gasteiger partial charge in [0, 0.05) is 19.6 Å². The Morgan fingerprint density at radius 1 is 1.50 bits per heavy atom. The lowest BCUT2D eigenvalue weighted by Crippen LogP contribution is -2.29. The highest BCUT2D eigenvalue weighted by Crippen LogP contribution is 1.89. The maximum atomic E-state index is 5.41. The first-order chi connectivity index (χ1) is 4.85. The van der Waals surface area contributed by atoms with Gasteiger partial charge in [-0.05, 0) is 13.0 Å². The zero-order valence-electron chi connectivity index (χ0n) is 6.84. The van der Waals surface area contributed by atoms with Crippen LogP contribution in [0.2, 0.25) is 0 Å². The minimum atomic E-state index is 0.755. The lowest BCUT2D eigenvalue weighted by molar-refractivity contribution is 0.302. The van der Waals surface area contributed by atoms with Crippen molar-refractivity contribution in [3.8, 4) is 0 Å². The predicted octanol–water partition coefficient (Wildman–Crippen LogP) is 0.843. The predicted molar refractivity (Wildman–Crippen MR) is 46.0 cm³/mol. The number of rotatable bonds is 6. The van der Waals surface area contributed by atoms with Crippen LogP contribution in [0.5, 0.6) is 0 Å². The number of nitrogens with zero attached hydrogens (tertiary/aromatic N) is 1. The summed E-state index contributed by atoms with van der Waals surface area (Å²) in [6.45, 7) is 9.76. The standard InChI is InChI=1S/C8H18N2/c1-3-5-7-10(4-2)8-6-9/h3H,1,4-9H2,2H3. The van der Waals surface area contributed by atoms with Gasteiger partial charge < -0.3 is 10.6 Å². The van der Waals surface area contributed by atoms with Crippen LogP contribution in [0.15, 0.2) is 12.7 Å². The maximum absolute atomic E-state index is 5.41. The third-order valence-corrected chi connectivity index (χ3v) is 1.54. The van der Waals surface area contributed by atoms with Gasteiger partial charge in [-0.15, -0.1) is 6.58 Å². The van der Waals surface area contributed by atoms with E-state index in [0.29, 0.717) is 0 Å². The van der Waals surface area contributed by atoms with E-state index in [4.69, 9.17) is 5.73 Å². The molecule has 2 N–H and O–H groups in total. The molecule has 2 nitrogen and oxygen atoms in total. The molecule has 0 saturated heterocycles. The normalized spacial score (nSPS) is 10.3. The van der Waals surface area contributed by atoms with Crippen molar-refractivity contribution in [2.45, 2.75) is 13.3 Å².